The molecule has 6 heteroatoms. The van der Waals surface area contributed by atoms with Gasteiger partial charge < -0.3 is 13.6 Å². The molecule has 58 heavy (non-hydrogen) atoms. The smallest absolute Gasteiger partial charge is 0.135 e. The zero-order chi connectivity index (χ0) is 38.3. The molecule has 12 rings (SSSR count). The molecule has 2 atom stereocenters. The van der Waals surface area contributed by atoms with E-state index in [1.54, 1.807) is 0 Å². The summed E-state index contributed by atoms with van der Waals surface area (Å²) < 4.78 is 11.1. The van der Waals surface area contributed by atoms with Gasteiger partial charge >= 0.3 is 0 Å². The molecule has 6 aromatic heterocycles. The van der Waals surface area contributed by atoms with Crippen LogP contribution >= 0.6 is 0 Å². The summed E-state index contributed by atoms with van der Waals surface area (Å²) in [4.78, 5) is 14.6. The van der Waals surface area contributed by atoms with E-state index in [-0.39, 0.29) is 11.8 Å². The number of hydrogen-bond acceptors (Lipinski definition) is 4. The molecular weight excluding hydrogens is 711 g/mol. The minimum atomic E-state index is 0.162. The number of pyridine rings is 3. The van der Waals surface area contributed by atoms with Crippen molar-refractivity contribution in [3.05, 3.63) is 193 Å². The van der Waals surface area contributed by atoms with Crippen molar-refractivity contribution < 1.29 is 4.42 Å². The molecule has 11 aromatic rings. The van der Waals surface area contributed by atoms with E-state index in [0.717, 1.165) is 94.4 Å². The summed E-state index contributed by atoms with van der Waals surface area (Å²) in [6, 6.07) is 53.5. The number of fused-ring (bicyclic) bond motifs is 9. The molecule has 5 aromatic carbocycles. The molecule has 274 valence electrons. The van der Waals surface area contributed by atoms with Gasteiger partial charge in [0.2, 0.25) is 0 Å². The predicted molar refractivity (Wildman–Crippen MR) is 236 cm³/mol. The van der Waals surface area contributed by atoms with Crippen LogP contribution in [0.5, 0.6) is 0 Å². The summed E-state index contributed by atoms with van der Waals surface area (Å²) in [5, 5.41) is 3.28. The molecule has 0 bridgehead atoms. The Morgan fingerprint density at radius 1 is 0.517 bits per heavy atom. The van der Waals surface area contributed by atoms with Crippen LogP contribution in [-0.4, -0.2) is 24.1 Å². The molecule has 0 spiro atoms. The normalized spacial score (nSPS) is 15.3. The number of aromatic nitrogens is 5. The van der Waals surface area contributed by atoms with Crippen LogP contribution < -0.4 is 0 Å². The Kier molecular flexibility index (Phi) is 7.17. The lowest BCUT2D eigenvalue weighted by Gasteiger charge is -2.28. The van der Waals surface area contributed by atoms with Gasteiger partial charge in [0.05, 0.1) is 39.0 Å². The average molecular weight is 746 g/mol. The molecule has 1 aliphatic carbocycles. The summed E-state index contributed by atoms with van der Waals surface area (Å²) in [6.45, 7) is 2.34. The van der Waals surface area contributed by atoms with Crippen molar-refractivity contribution in [3.63, 3.8) is 0 Å². The first-order valence-electron chi connectivity index (χ1n) is 19.8. The van der Waals surface area contributed by atoms with Gasteiger partial charge in [0, 0.05) is 63.2 Å². The third-order valence-electron chi connectivity index (χ3n) is 12.1. The maximum Gasteiger partial charge on any atom is 0.135 e. The Labute approximate surface area is 334 Å². The number of hydrogen-bond donors (Lipinski definition) is 0. The van der Waals surface area contributed by atoms with Crippen molar-refractivity contribution in [2.45, 2.75) is 18.8 Å². The second-order valence-corrected chi connectivity index (χ2v) is 15.2. The molecule has 0 radical (unpaired) electrons. The predicted octanol–water partition coefficient (Wildman–Crippen LogP) is 13.1. The number of rotatable bonds is 5. The number of allylic oxidation sites excluding steroid dienone is 1. The second kappa shape index (κ2) is 12.7. The molecule has 6 heterocycles. The van der Waals surface area contributed by atoms with Crippen molar-refractivity contribution in [2.24, 2.45) is 0 Å². The van der Waals surface area contributed by atoms with Gasteiger partial charge in [0.15, 0.2) is 0 Å². The van der Waals surface area contributed by atoms with Crippen LogP contribution in [0.25, 0.3) is 94.7 Å². The highest BCUT2D eigenvalue weighted by atomic mass is 16.3. The van der Waals surface area contributed by atoms with E-state index in [4.69, 9.17) is 19.4 Å². The minimum Gasteiger partial charge on any atom is -0.456 e. The van der Waals surface area contributed by atoms with E-state index < -0.39 is 0 Å². The lowest BCUT2D eigenvalue weighted by molar-refractivity contribution is 0.668. The highest BCUT2D eigenvalue weighted by Gasteiger charge is 2.32. The van der Waals surface area contributed by atoms with Gasteiger partial charge in [0.1, 0.15) is 11.2 Å². The van der Waals surface area contributed by atoms with Crippen LogP contribution in [0, 0.1) is 0 Å². The van der Waals surface area contributed by atoms with Crippen LogP contribution in [-0.2, 0) is 0 Å². The third-order valence-corrected chi connectivity index (χ3v) is 12.1. The van der Waals surface area contributed by atoms with Gasteiger partial charge in [-0.3, -0.25) is 15.0 Å². The van der Waals surface area contributed by atoms with Gasteiger partial charge in [0.25, 0.3) is 0 Å². The first kappa shape index (κ1) is 32.7. The first-order valence-corrected chi connectivity index (χ1v) is 19.8. The average Bonchev–Trinajstić information content (AvgIpc) is 3.94. The Balaban J connectivity index is 0.980. The molecule has 6 nitrogen and oxygen atoms in total. The summed E-state index contributed by atoms with van der Waals surface area (Å²) in [6.07, 6.45) is 10.3. The molecule has 0 saturated carbocycles. The first-order chi connectivity index (χ1) is 28.7. The standard InChI is InChI=1S/C52H35N5O/c1-32-37(38-13-5-6-14-39(38)43-15-7-8-26-53-43)21-23-45-50(32)52-47(17-10-28-55-52)57(45)36-20-25-49-41(31-36)40-29-34(19-24-48(40)58-49)33-18-22-44-42(30-33)51-46(16-9-27-54-51)56(44)35-11-3-2-4-12-35/h2-32,37H,1H3. The van der Waals surface area contributed by atoms with Crippen molar-refractivity contribution in [1.29, 1.82) is 0 Å². The van der Waals surface area contributed by atoms with E-state index >= 15 is 0 Å². The van der Waals surface area contributed by atoms with Crippen LogP contribution in [0.2, 0.25) is 0 Å². The molecule has 0 N–H and O–H groups in total. The maximum atomic E-state index is 6.47. The maximum absolute atomic E-state index is 6.47. The third kappa shape index (κ3) is 4.88. The molecule has 1 aliphatic rings. The lowest BCUT2D eigenvalue weighted by atomic mass is 9.77. The minimum absolute atomic E-state index is 0.162. The molecule has 0 fully saturated rings. The van der Waals surface area contributed by atoms with Crippen molar-refractivity contribution in [3.8, 4) is 33.8 Å². The van der Waals surface area contributed by atoms with E-state index in [2.05, 4.69) is 162 Å². The van der Waals surface area contributed by atoms with Crippen LogP contribution in [0.3, 0.4) is 0 Å². The van der Waals surface area contributed by atoms with E-state index in [9.17, 15) is 0 Å². The Morgan fingerprint density at radius 3 is 2.03 bits per heavy atom. The Hall–Kier alpha value is -7.57. The monoisotopic (exact) mass is 745 g/mol. The number of furan rings is 1. The van der Waals surface area contributed by atoms with Crippen molar-refractivity contribution in [2.75, 3.05) is 0 Å². The second-order valence-electron chi connectivity index (χ2n) is 15.2. The largest absolute Gasteiger partial charge is 0.456 e. The lowest BCUT2D eigenvalue weighted by Crippen LogP contribution is -2.13. The zero-order valence-corrected chi connectivity index (χ0v) is 31.6. The van der Waals surface area contributed by atoms with Crippen LogP contribution in [0.15, 0.2) is 181 Å². The van der Waals surface area contributed by atoms with Crippen molar-refractivity contribution >= 4 is 61.0 Å². The summed E-state index contributed by atoms with van der Waals surface area (Å²) in [5.74, 6) is 0.342. The van der Waals surface area contributed by atoms with Crippen LogP contribution in [0.4, 0.5) is 0 Å². The molecular formula is C52H35N5O. The molecule has 0 saturated heterocycles. The van der Waals surface area contributed by atoms with Gasteiger partial charge in [-0.2, -0.15) is 0 Å². The fraction of sp³-hybridized carbons (Fsp3) is 0.0577. The zero-order valence-electron chi connectivity index (χ0n) is 31.6. The number of nitrogens with zero attached hydrogens (tertiary/aromatic N) is 5. The van der Waals surface area contributed by atoms with E-state index in [0.29, 0.717) is 0 Å². The fourth-order valence-corrected chi connectivity index (χ4v) is 9.46. The van der Waals surface area contributed by atoms with Gasteiger partial charge in [-0.05, 0) is 120 Å². The Morgan fingerprint density at radius 2 is 1.21 bits per heavy atom. The highest BCUT2D eigenvalue weighted by Crippen LogP contribution is 2.47. The van der Waals surface area contributed by atoms with E-state index in [1.807, 2.05) is 36.8 Å². The van der Waals surface area contributed by atoms with Gasteiger partial charge in [-0.25, -0.2) is 0 Å². The summed E-state index contributed by atoms with van der Waals surface area (Å²) in [5.41, 5.74) is 17.4. The van der Waals surface area contributed by atoms with Gasteiger partial charge in [-0.15, -0.1) is 0 Å². The van der Waals surface area contributed by atoms with Gasteiger partial charge in [-0.1, -0.05) is 73.7 Å². The van der Waals surface area contributed by atoms with E-state index in [1.165, 1.54) is 11.1 Å². The number of benzene rings is 5. The SMILES string of the molecule is CC1c2c(n(-c3ccc4oc5ccc(-c6ccc7c(c6)c6ncccc6n7-c6ccccc6)cc5c4c3)c3cccnc23)C=CC1c1ccccc1-c1ccccn1. The fourth-order valence-electron chi connectivity index (χ4n) is 9.46. The quantitative estimate of drug-likeness (QED) is 0.176. The highest BCUT2D eigenvalue weighted by molar-refractivity contribution is 6.10. The molecule has 0 amide bonds. The van der Waals surface area contributed by atoms with Crippen molar-refractivity contribution in [1.82, 2.24) is 24.1 Å². The molecule has 2 unspecified atom stereocenters. The Bertz CT molecular complexity index is 3430. The summed E-state index contributed by atoms with van der Waals surface area (Å²) in [7, 11) is 0. The number of para-hydroxylation sites is 1. The topological polar surface area (TPSA) is 61.7 Å². The molecule has 0 aliphatic heterocycles. The summed E-state index contributed by atoms with van der Waals surface area (Å²) >= 11 is 0. The van der Waals surface area contributed by atoms with Crippen LogP contribution in [0.1, 0.15) is 35.6 Å².